The summed E-state index contributed by atoms with van der Waals surface area (Å²) in [4.78, 5) is 0. The molecule has 0 unspecified atom stereocenters. The average molecular weight is 281 g/mol. The lowest BCUT2D eigenvalue weighted by atomic mass is 10.2. The standard InChI is InChI=1S/C12H13BrN2O/c13-11-3-9(7-16)4-12-10(11)5-14-15(12)6-8-1-2-8/h3-5,8,16H,1-2,6-7H2. The van der Waals surface area contributed by atoms with Crippen LogP contribution in [0.3, 0.4) is 0 Å². The molecule has 0 amide bonds. The molecule has 0 bridgehead atoms. The summed E-state index contributed by atoms with van der Waals surface area (Å²) in [6.07, 6.45) is 4.54. The highest BCUT2D eigenvalue weighted by Gasteiger charge is 2.23. The number of fused-ring (bicyclic) bond motifs is 1. The van der Waals surface area contributed by atoms with Gasteiger partial charge >= 0.3 is 0 Å². The Kier molecular flexibility index (Phi) is 2.48. The van der Waals surface area contributed by atoms with E-state index in [1.165, 1.54) is 12.8 Å². The van der Waals surface area contributed by atoms with Crippen molar-refractivity contribution in [3.8, 4) is 0 Å². The SMILES string of the molecule is OCc1cc(Br)c2cnn(CC3CC3)c2c1. The van der Waals surface area contributed by atoms with Crippen molar-refractivity contribution < 1.29 is 5.11 Å². The Morgan fingerprint density at radius 1 is 1.44 bits per heavy atom. The molecule has 1 N–H and O–H groups in total. The fourth-order valence-corrected chi connectivity index (χ4v) is 2.57. The van der Waals surface area contributed by atoms with E-state index in [1.54, 1.807) is 0 Å². The molecule has 1 aromatic carbocycles. The van der Waals surface area contributed by atoms with Crippen LogP contribution in [0.1, 0.15) is 18.4 Å². The zero-order valence-electron chi connectivity index (χ0n) is 8.86. The van der Waals surface area contributed by atoms with Crippen LogP contribution in [0.25, 0.3) is 10.9 Å². The van der Waals surface area contributed by atoms with Crippen LogP contribution in [0, 0.1) is 5.92 Å². The number of aromatic nitrogens is 2. The second kappa shape index (κ2) is 3.86. The first-order valence-corrected chi connectivity index (χ1v) is 6.32. The molecule has 2 aromatic rings. The summed E-state index contributed by atoms with van der Waals surface area (Å²) in [5.41, 5.74) is 2.04. The largest absolute Gasteiger partial charge is 0.392 e. The van der Waals surface area contributed by atoms with E-state index in [4.69, 9.17) is 0 Å². The summed E-state index contributed by atoms with van der Waals surface area (Å²) < 4.78 is 3.06. The molecule has 16 heavy (non-hydrogen) atoms. The normalized spacial score (nSPS) is 15.9. The first-order chi connectivity index (χ1) is 7.78. The van der Waals surface area contributed by atoms with Gasteiger partial charge in [-0.05, 0) is 36.5 Å². The van der Waals surface area contributed by atoms with Crippen molar-refractivity contribution in [1.82, 2.24) is 9.78 Å². The van der Waals surface area contributed by atoms with Gasteiger partial charge in [0.1, 0.15) is 0 Å². The predicted molar refractivity (Wildman–Crippen MR) is 66.1 cm³/mol. The third-order valence-electron chi connectivity index (χ3n) is 3.08. The average Bonchev–Trinajstić information content (AvgIpc) is 3.00. The van der Waals surface area contributed by atoms with E-state index in [9.17, 15) is 5.11 Å². The van der Waals surface area contributed by atoms with E-state index >= 15 is 0 Å². The van der Waals surface area contributed by atoms with E-state index in [-0.39, 0.29) is 6.61 Å². The van der Waals surface area contributed by atoms with Gasteiger partial charge in [-0.25, -0.2) is 0 Å². The van der Waals surface area contributed by atoms with Crippen molar-refractivity contribution in [3.63, 3.8) is 0 Å². The molecule has 1 aliphatic rings. The third kappa shape index (κ3) is 1.76. The molecule has 84 valence electrons. The van der Waals surface area contributed by atoms with E-state index in [2.05, 4.69) is 25.7 Å². The number of halogens is 1. The van der Waals surface area contributed by atoms with Gasteiger partial charge in [0.2, 0.25) is 0 Å². The summed E-state index contributed by atoms with van der Waals surface area (Å²) in [5.74, 6) is 0.805. The molecular weight excluding hydrogens is 268 g/mol. The second-order valence-electron chi connectivity index (χ2n) is 4.44. The Labute approximate surface area is 102 Å². The zero-order valence-corrected chi connectivity index (χ0v) is 10.4. The maximum absolute atomic E-state index is 9.19. The molecule has 1 heterocycles. The monoisotopic (exact) mass is 280 g/mol. The number of hydrogen-bond acceptors (Lipinski definition) is 2. The van der Waals surface area contributed by atoms with E-state index in [0.29, 0.717) is 0 Å². The van der Waals surface area contributed by atoms with Gasteiger partial charge in [0.15, 0.2) is 0 Å². The maximum atomic E-state index is 9.19. The lowest BCUT2D eigenvalue weighted by Gasteiger charge is -2.04. The summed E-state index contributed by atoms with van der Waals surface area (Å²) in [7, 11) is 0. The lowest BCUT2D eigenvalue weighted by Crippen LogP contribution is -2.01. The molecule has 1 saturated carbocycles. The number of hydrogen-bond donors (Lipinski definition) is 1. The van der Waals surface area contributed by atoms with E-state index < -0.39 is 0 Å². The molecule has 1 fully saturated rings. The Bertz CT molecular complexity index is 531. The molecule has 3 nitrogen and oxygen atoms in total. The summed E-state index contributed by atoms with van der Waals surface area (Å²) in [5, 5.41) is 14.7. The second-order valence-corrected chi connectivity index (χ2v) is 5.29. The topological polar surface area (TPSA) is 38.1 Å². The van der Waals surface area contributed by atoms with Gasteiger partial charge in [-0.15, -0.1) is 0 Å². The van der Waals surface area contributed by atoms with Crippen LogP contribution < -0.4 is 0 Å². The molecule has 1 aliphatic carbocycles. The summed E-state index contributed by atoms with van der Waals surface area (Å²) in [6.45, 7) is 1.08. The van der Waals surface area contributed by atoms with Crippen LogP contribution in [-0.4, -0.2) is 14.9 Å². The van der Waals surface area contributed by atoms with Gasteiger partial charge in [-0.1, -0.05) is 15.9 Å². The molecule has 4 heteroatoms. The van der Waals surface area contributed by atoms with Crippen LogP contribution >= 0.6 is 15.9 Å². The molecule has 1 aromatic heterocycles. The highest BCUT2D eigenvalue weighted by molar-refractivity contribution is 9.10. The van der Waals surface area contributed by atoms with Gasteiger partial charge < -0.3 is 5.11 Å². The van der Waals surface area contributed by atoms with Crippen LogP contribution in [0.2, 0.25) is 0 Å². The number of aliphatic hydroxyl groups is 1. The Hall–Kier alpha value is -0.870. The van der Waals surface area contributed by atoms with Crippen LogP contribution in [0.15, 0.2) is 22.8 Å². The minimum absolute atomic E-state index is 0.0726. The van der Waals surface area contributed by atoms with E-state index in [1.807, 2.05) is 18.3 Å². The first kappa shape index (κ1) is 10.3. The predicted octanol–water partition coefficient (Wildman–Crippen LogP) is 2.70. The van der Waals surface area contributed by atoms with Gasteiger partial charge in [-0.2, -0.15) is 5.10 Å². The Morgan fingerprint density at radius 2 is 2.25 bits per heavy atom. The smallest absolute Gasteiger partial charge is 0.0697 e. The minimum Gasteiger partial charge on any atom is -0.392 e. The fourth-order valence-electron chi connectivity index (χ4n) is 1.97. The molecule has 3 rings (SSSR count). The number of aliphatic hydroxyl groups excluding tert-OH is 1. The molecular formula is C12H13BrN2O. The summed E-state index contributed by atoms with van der Waals surface area (Å²) in [6, 6.07) is 3.97. The van der Waals surface area contributed by atoms with Crippen LogP contribution in [0.5, 0.6) is 0 Å². The molecule has 0 spiro atoms. The van der Waals surface area contributed by atoms with E-state index in [0.717, 1.165) is 33.4 Å². The molecule has 0 saturated heterocycles. The molecule has 0 atom stereocenters. The highest BCUT2D eigenvalue weighted by Crippen LogP contribution is 2.32. The summed E-state index contributed by atoms with van der Waals surface area (Å²) >= 11 is 3.52. The van der Waals surface area contributed by atoms with Crippen molar-refractivity contribution in [2.75, 3.05) is 0 Å². The minimum atomic E-state index is 0.0726. The molecule has 0 radical (unpaired) electrons. The van der Waals surface area contributed by atoms with Gasteiger partial charge in [-0.3, -0.25) is 4.68 Å². The van der Waals surface area contributed by atoms with Crippen molar-refractivity contribution in [3.05, 3.63) is 28.4 Å². The third-order valence-corrected chi connectivity index (χ3v) is 3.74. The quantitative estimate of drug-likeness (QED) is 0.939. The molecule has 0 aliphatic heterocycles. The van der Waals surface area contributed by atoms with Gasteiger partial charge in [0.25, 0.3) is 0 Å². The van der Waals surface area contributed by atoms with Gasteiger partial charge in [0.05, 0.1) is 18.3 Å². The van der Waals surface area contributed by atoms with Crippen molar-refractivity contribution in [2.45, 2.75) is 26.0 Å². The first-order valence-electron chi connectivity index (χ1n) is 5.52. The van der Waals surface area contributed by atoms with Crippen LogP contribution in [0.4, 0.5) is 0 Å². The number of benzene rings is 1. The zero-order chi connectivity index (χ0) is 11.1. The fraction of sp³-hybridized carbons (Fsp3) is 0.417. The number of nitrogens with zero attached hydrogens (tertiary/aromatic N) is 2. The Balaban J connectivity index is 2.11. The van der Waals surface area contributed by atoms with Crippen LogP contribution in [-0.2, 0) is 13.2 Å². The maximum Gasteiger partial charge on any atom is 0.0697 e. The van der Waals surface area contributed by atoms with Crippen molar-refractivity contribution in [1.29, 1.82) is 0 Å². The lowest BCUT2D eigenvalue weighted by molar-refractivity contribution is 0.282. The number of rotatable bonds is 3. The van der Waals surface area contributed by atoms with Crippen molar-refractivity contribution >= 4 is 26.8 Å². The van der Waals surface area contributed by atoms with Gasteiger partial charge in [0, 0.05) is 16.4 Å². The van der Waals surface area contributed by atoms with Crippen molar-refractivity contribution in [2.24, 2.45) is 5.92 Å². The Morgan fingerprint density at radius 3 is 2.94 bits per heavy atom. The highest BCUT2D eigenvalue weighted by atomic mass is 79.9.